The summed E-state index contributed by atoms with van der Waals surface area (Å²) in [5.41, 5.74) is 4.54. The van der Waals surface area contributed by atoms with Gasteiger partial charge in [0.25, 0.3) is 0 Å². The number of β-amino-alcohol motifs (C(OH)–C–C–N with tert-alkyl or cyclic N) is 1. The molecule has 1 aromatic heterocycles. The van der Waals surface area contributed by atoms with Crippen molar-refractivity contribution in [2.75, 3.05) is 36.4 Å². The second kappa shape index (κ2) is 10.2. The maximum Gasteiger partial charge on any atom is 0.416 e. The normalized spacial score (nSPS) is 22.9. The van der Waals surface area contributed by atoms with Crippen LogP contribution >= 0.6 is 0 Å². The van der Waals surface area contributed by atoms with Crippen LogP contribution in [0, 0.1) is 11.2 Å². The first-order valence-corrected chi connectivity index (χ1v) is 11.8. The molecular formula is C24H30F4N6O2. The largest absolute Gasteiger partial charge is 0.416 e. The minimum absolute atomic E-state index is 0.00828. The second-order valence-corrected chi connectivity index (χ2v) is 9.89. The van der Waals surface area contributed by atoms with Crippen molar-refractivity contribution in [3.63, 3.8) is 0 Å². The number of hydrogen-bond donors (Lipinski definition) is 3. The first-order valence-electron chi connectivity index (χ1n) is 11.8. The summed E-state index contributed by atoms with van der Waals surface area (Å²) in [6, 6.07) is 4.86. The van der Waals surface area contributed by atoms with Crippen LogP contribution in [0.5, 0.6) is 0 Å². The fourth-order valence-electron chi connectivity index (χ4n) is 4.44. The van der Waals surface area contributed by atoms with Gasteiger partial charge in [-0.05, 0) is 43.5 Å². The highest BCUT2D eigenvalue weighted by Gasteiger charge is 2.39. The fourth-order valence-corrected chi connectivity index (χ4v) is 4.44. The molecule has 196 valence electrons. The smallest absolute Gasteiger partial charge is 0.391 e. The van der Waals surface area contributed by atoms with E-state index >= 15 is 4.39 Å². The zero-order valence-electron chi connectivity index (χ0n) is 19.9. The zero-order valence-corrected chi connectivity index (χ0v) is 19.9. The van der Waals surface area contributed by atoms with Crippen LogP contribution in [0.2, 0.25) is 0 Å². The number of carbonyl (C=O) groups is 1. The number of aliphatic hydroxyl groups is 1. The molecule has 0 bridgehead atoms. The van der Waals surface area contributed by atoms with E-state index in [1.807, 2.05) is 6.92 Å². The van der Waals surface area contributed by atoms with E-state index < -0.39 is 35.0 Å². The lowest BCUT2D eigenvalue weighted by molar-refractivity contribution is -0.137. The molecule has 0 unspecified atom stereocenters. The number of carbonyl (C=O) groups excluding carboxylic acids is 1. The van der Waals surface area contributed by atoms with Crippen molar-refractivity contribution in [1.82, 2.24) is 14.9 Å². The highest BCUT2D eigenvalue weighted by Crippen LogP contribution is 2.36. The lowest BCUT2D eigenvalue weighted by atomic mass is 9.77. The van der Waals surface area contributed by atoms with E-state index in [1.54, 1.807) is 9.80 Å². The van der Waals surface area contributed by atoms with Crippen molar-refractivity contribution in [1.29, 1.82) is 0 Å². The Morgan fingerprint density at radius 3 is 2.56 bits per heavy atom. The number of amides is 1. The quantitative estimate of drug-likeness (QED) is 0.446. The van der Waals surface area contributed by atoms with Gasteiger partial charge in [0, 0.05) is 31.1 Å². The molecule has 2 aromatic rings. The molecule has 2 fully saturated rings. The lowest BCUT2D eigenvalue weighted by Gasteiger charge is -2.43. The molecule has 12 heteroatoms. The summed E-state index contributed by atoms with van der Waals surface area (Å²) >= 11 is 0. The Labute approximate surface area is 206 Å². The molecule has 1 amide bonds. The summed E-state index contributed by atoms with van der Waals surface area (Å²) in [5.74, 6) is -1.04. The number of nitrogens with two attached hydrogens (primary N) is 1. The summed E-state index contributed by atoms with van der Waals surface area (Å²) in [5, 5.41) is 13.7. The van der Waals surface area contributed by atoms with E-state index in [-0.39, 0.29) is 43.9 Å². The third kappa shape index (κ3) is 6.04. The zero-order chi connectivity index (χ0) is 26.1. The molecule has 36 heavy (non-hydrogen) atoms. The molecule has 8 nitrogen and oxygen atoms in total. The SMILES string of the molecule is C[C@@]1(CNc2ncnc(N(Cc3ccc(C(F)(F)F)cc3)C3CC3)c2F)CCN(CC(N)=O)C[C@@H]1O. The minimum Gasteiger partial charge on any atom is -0.391 e. The predicted molar refractivity (Wildman–Crippen MR) is 125 cm³/mol. The van der Waals surface area contributed by atoms with Gasteiger partial charge in [-0.1, -0.05) is 19.1 Å². The second-order valence-electron chi connectivity index (χ2n) is 9.89. The number of nitrogens with one attached hydrogen (secondary N) is 1. The predicted octanol–water partition coefficient (Wildman–Crippen LogP) is 2.77. The first kappa shape index (κ1) is 26.1. The monoisotopic (exact) mass is 510 g/mol. The van der Waals surface area contributed by atoms with Gasteiger partial charge in [-0.25, -0.2) is 9.97 Å². The van der Waals surface area contributed by atoms with Crippen molar-refractivity contribution in [2.24, 2.45) is 11.1 Å². The average Bonchev–Trinajstić information content (AvgIpc) is 3.65. The lowest BCUT2D eigenvalue weighted by Crippen LogP contribution is -2.53. The summed E-state index contributed by atoms with van der Waals surface area (Å²) in [6.45, 7) is 3.25. The van der Waals surface area contributed by atoms with Gasteiger partial charge in [-0.2, -0.15) is 17.6 Å². The van der Waals surface area contributed by atoms with Crippen LogP contribution in [0.25, 0.3) is 0 Å². The topological polar surface area (TPSA) is 108 Å². The Morgan fingerprint density at radius 1 is 1.28 bits per heavy atom. The number of anilines is 2. The minimum atomic E-state index is -4.42. The van der Waals surface area contributed by atoms with Crippen LogP contribution in [0.15, 0.2) is 30.6 Å². The molecule has 4 rings (SSSR count). The number of aliphatic hydroxyl groups excluding tert-OH is 1. The van der Waals surface area contributed by atoms with Crippen molar-refractivity contribution in [2.45, 2.75) is 51.1 Å². The van der Waals surface area contributed by atoms with Crippen LogP contribution in [-0.2, 0) is 17.5 Å². The van der Waals surface area contributed by atoms with Crippen LogP contribution in [-0.4, -0.2) is 64.2 Å². The number of nitrogens with zero attached hydrogens (tertiary/aromatic N) is 4. The Kier molecular flexibility index (Phi) is 7.37. The van der Waals surface area contributed by atoms with Gasteiger partial charge in [-0.15, -0.1) is 0 Å². The number of rotatable bonds is 9. The van der Waals surface area contributed by atoms with E-state index in [9.17, 15) is 23.1 Å². The van der Waals surface area contributed by atoms with Crippen molar-refractivity contribution >= 4 is 17.5 Å². The van der Waals surface area contributed by atoms with Crippen molar-refractivity contribution in [3.8, 4) is 0 Å². The first-order chi connectivity index (χ1) is 17.0. The summed E-state index contributed by atoms with van der Waals surface area (Å²) < 4.78 is 54.2. The van der Waals surface area contributed by atoms with E-state index in [2.05, 4.69) is 15.3 Å². The third-order valence-corrected chi connectivity index (χ3v) is 6.94. The van der Waals surface area contributed by atoms with Crippen molar-refractivity contribution < 1.29 is 27.5 Å². The van der Waals surface area contributed by atoms with Gasteiger partial charge in [0.05, 0.1) is 18.2 Å². The van der Waals surface area contributed by atoms with Crippen LogP contribution in [0.1, 0.15) is 37.3 Å². The highest BCUT2D eigenvalue weighted by molar-refractivity contribution is 5.75. The fraction of sp³-hybridized carbons (Fsp3) is 0.542. The standard InChI is InChI=1S/C24H30F4N6O2/c1-23(8-9-33(11-18(23)35)12-19(29)36)13-30-21-20(25)22(32-14-31-21)34(17-6-7-17)10-15-2-4-16(5-3-15)24(26,27)28/h2-5,14,17-18,35H,6-13H2,1H3,(H2,29,36)(H,30,31,32)/t18-,23-/m0/s1. The number of benzene rings is 1. The van der Waals surface area contributed by atoms with E-state index in [0.717, 1.165) is 25.0 Å². The molecule has 2 atom stereocenters. The maximum atomic E-state index is 15.5. The van der Waals surface area contributed by atoms with Gasteiger partial charge in [0.1, 0.15) is 6.33 Å². The Balaban J connectivity index is 1.45. The van der Waals surface area contributed by atoms with Gasteiger partial charge in [0.15, 0.2) is 11.6 Å². The third-order valence-electron chi connectivity index (χ3n) is 6.94. The number of primary amides is 1. The number of halogens is 4. The molecule has 2 aliphatic rings. The highest BCUT2D eigenvalue weighted by atomic mass is 19.4. The molecule has 1 saturated carbocycles. The molecule has 1 saturated heterocycles. The number of alkyl halides is 3. The molecule has 1 aromatic carbocycles. The van der Waals surface area contributed by atoms with Crippen molar-refractivity contribution in [3.05, 3.63) is 47.5 Å². The number of aromatic nitrogens is 2. The van der Waals surface area contributed by atoms with Gasteiger partial charge >= 0.3 is 6.18 Å². The molecule has 1 aliphatic heterocycles. The number of hydrogen-bond acceptors (Lipinski definition) is 7. The summed E-state index contributed by atoms with van der Waals surface area (Å²) in [7, 11) is 0. The Morgan fingerprint density at radius 2 is 1.97 bits per heavy atom. The summed E-state index contributed by atoms with van der Waals surface area (Å²) in [4.78, 5) is 22.9. The van der Waals surface area contributed by atoms with Crippen LogP contribution < -0.4 is 16.0 Å². The van der Waals surface area contributed by atoms with E-state index in [1.165, 1.54) is 18.5 Å². The molecule has 0 spiro atoms. The number of piperidine rings is 1. The number of likely N-dealkylation sites (tertiary alicyclic amines) is 1. The Hall–Kier alpha value is -2.99. The molecule has 4 N–H and O–H groups in total. The molecule has 1 aliphatic carbocycles. The van der Waals surface area contributed by atoms with Gasteiger partial charge < -0.3 is 21.1 Å². The molecular weight excluding hydrogens is 480 g/mol. The van der Waals surface area contributed by atoms with E-state index in [4.69, 9.17) is 5.73 Å². The molecule has 2 heterocycles. The van der Waals surface area contributed by atoms with E-state index in [0.29, 0.717) is 18.5 Å². The van der Waals surface area contributed by atoms with Gasteiger partial charge in [-0.3, -0.25) is 9.69 Å². The summed E-state index contributed by atoms with van der Waals surface area (Å²) in [6.07, 6.45) is -1.70. The average molecular weight is 511 g/mol. The van der Waals surface area contributed by atoms with Crippen LogP contribution in [0.4, 0.5) is 29.2 Å². The van der Waals surface area contributed by atoms with Gasteiger partial charge in [0.2, 0.25) is 11.7 Å². The Bertz CT molecular complexity index is 1080. The van der Waals surface area contributed by atoms with Crippen LogP contribution in [0.3, 0.4) is 0 Å². The maximum absolute atomic E-state index is 15.5. The molecule has 0 radical (unpaired) electrons.